The normalized spacial score (nSPS) is 28.3. The highest BCUT2D eigenvalue weighted by Crippen LogP contribution is 2.39. The summed E-state index contributed by atoms with van der Waals surface area (Å²) in [6, 6.07) is 0.271. The van der Waals surface area contributed by atoms with Crippen molar-refractivity contribution in [3.63, 3.8) is 0 Å². The van der Waals surface area contributed by atoms with Crippen LogP contribution in [0.15, 0.2) is 15.6 Å². The second kappa shape index (κ2) is 4.42. The van der Waals surface area contributed by atoms with Gasteiger partial charge in [0.2, 0.25) is 0 Å². The number of hydrogen-bond donors (Lipinski definition) is 2. The predicted molar refractivity (Wildman–Crippen MR) is 67.0 cm³/mol. The van der Waals surface area contributed by atoms with Gasteiger partial charge in [0, 0.05) is 6.61 Å². The highest BCUT2D eigenvalue weighted by atomic mass is 79.9. The monoisotopic (exact) mass is 299 g/mol. The van der Waals surface area contributed by atoms with Crippen molar-refractivity contribution in [2.45, 2.75) is 31.4 Å². The highest BCUT2D eigenvalue weighted by molar-refractivity contribution is 9.10. The molecule has 0 spiro atoms. The maximum absolute atomic E-state index is 11.4. The number of aromatic nitrogens is 2. The van der Waals surface area contributed by atoms with E-state index in [2.05, 4.69) is 31.2 Å². The lowest BCUT2D eigenvalue weighted by atomic mass is 10.1. The molecule has 2 N–H and O–H groups in total. The molecule has 2 fully saturated rings. The SMILES string of the molecule is O=c1[nH]cnc(NC2CCOC2C2CC2)c1Br. The second-order valence-corrected chi connectivity index (χ2v) is 5.40. The lowest BCUT2D eigenvalue weighted by molar-refractivity contribution is 0.0898. The molecule has 2 aliphatic rings. The van der Waals surface area contributed by atoms with Crippen molar-refractivity contribution < 1.29 is 4.74 Å². The molecular weight excluding hydrogens is 286 g/mol. The number of anilines is 1. The van der Waals surface area contributed by atoms with E-state index in [9.17, 15) is 4.79 Å². The average Bonchev–Trinajstić information content (AvgIpc) is 3.06. The van der Waals surface area contributed by atoms with E-state index in [0.717, 1.165) is 13.0 Å². The summed E-state index contributed by atoms with van der Waals surface area (Å²) >= 11 is 3.25. The maximum atomic E-state index is 11.4. The lowest BCUT2D eigenvalue weighted by Crippen LogP contribution is -2.32. The summed E-state index contributed by atoms with van der Waals surface area (Å²) < 4.78 is 6.20. The summed E-state index contributed by atoms with van der Waals surface area (Å²) in [6.45, 7) is 0.791. The molecule has 0 aromatic carbocycles. The summed E-state index contributed by atoms with van der Waals surface area (Å²) in [7, 11) is 0. The Kier molecular flexibility index (Phi) is 2.92. The van der Waals surface area contributed by atoms with Crippen LogP contribution in [0.25, 0.3) is 0 Å². The van der Waals surface area contributed by atoms with E-state index in [1.807, 2.05) is 0 Å². The number of rotatable bonds is 3. The van der Waals surface area contributed by atoms with Crippen molar-refractivity contribution in [2.75, 3.05) is 11.9 Å². The molecule has 1 aromatic rings. The van der Waals surface area contributed by atoms with Crippen LogP contribution in [0.2, 0.25) is 0 Å². The maximum Gasteiger partial charge on any atom is 0.267 e. The molecule has 0 amide bonds. The minimum absolute atomic E-state index is 0.163. The Labute approximate surface area is 107 Å². The first-order chi connectivity index (χ1) is 8.25. The fraction of sp³-hybridized carbons (Fsp3) is 0.636. The Morgan fingerprint density at radius 2 is 2.29 bits per heavy atom. The van der Waals surface area contributed by atoms with Gasteiger partial charge in [0.05, 0.1) is 18.5 Å². The molecule has 1 saturated heterocycles. The van der Waals surface area contributed by atoms with Crippen LogP contribution in [-0.4, -0.2) is 28.7 Å². The van der Waals surface area contributed by atoms with Gasteiger partial charge in [-0.05, 0) is 41.1 Å². The van der Waals surface area contributed by atoms with E-state index in [-0.39, 0.29) is 17.7 Å². The van der Waals surface area contributed by atoms with Crippen LogP contribution >= 0.6 is 15.9 Å². The molecule has 17 heavy (non-hydrogen) atoms. The minimum atomic E-state index is -0.163. The zero-order valence-corrected chi connectivity index (χ0v) is 10.9. The van der Waals surface area contributed by atoms with Crippen molar-refractivity contribution >= 4 is 21.7 Å². The van der Waals surface area contributed by atoms with Crippen molar-refractivity contribution in [3.8, 4) is 0 Å². The summed E-state index contributed by atoms with van der Waals surface area (Å²) in [5, 5.41) is 3.32. The number of ether oxygens (including phenoxy) is 1. The van der Waals surface area contributed by atoms with Gasteiger partial charge in [-0.3, -0.25) is 4.79 Å². The molecule has 1 saturated carbocycles. The minimum Gasteiger partial charge on any atom is -0.376 e. The van der Waals surface area contributed by atoms with Crippen LogP contribution in [0.5, 0.6) is 0 Å². The van der Waals surface area contributed by atoms with Gasteiger partial charge in [-0.2, -0.15) is 0 Å². The number of aromatic amines is 1. The molecule has 1 aliphatic carbocycles. The summed E-state index contributed by atoms with van der Waals surface area (Å²) in [4.78, 5) is 18.1. The van der Waals surface area contributed by atoms with Crippen molar-refractivity contribution in [3.05, 3.63) is 21.2 Å². The third kappa shape index (κ3) is 2.24. The van der Waals surface area contributed by atoms with Gasteiger partial charge in [0.15, 0.2) is 0 Å². The third-order valence-electron chi connectivity index (χ3n) is 3.34. The molecule has 2 heterocycles. The molecule has 0 bridgehead atoms. The number of H-pyrrole nitrogens is 1. The fourth-order valence-electron chi connectivity index (χ4n) is 2.31. The van der Waals surface area contributed by atoms with Crippen molar-refractivity contribution in [1.29, 1.82) is 0 Å². The van der Waals surface area contributed by atoms with Crippen LogP contribution in [-0.2, 0) is 4.74 Å². The molecule has 1 aliphatic heterocycles. The molecule has 5 nitrogen and oxygen atoms in total. The van der Waals surface area contributed by atoms with Crippen molar-refractivity contribution in [1.82, 2.24) is 9.97 Å². The van der Waals surface area contributed by atoms with E-state index in [1.165, 1.54) is 19.2 Å². The summed E-state index contributed by atoms with van der Waals surface area (Å²) in [5.74, 6) is 1.30. The van der Waals surface area contributed by atoms with Gasteiger partial charge in [0.1, 0.15) is 10.3 Å². The van der Waals surface area contributed by atoms with Crippen molar-refractivity contribution in [2.24, 2.45) is 5.92 Å². The summed E-state index contributed by atoms with van der Waals surface area (Å²) in [6.07, 6.45) is 5.18. The molecule has 1 aromatic heterocycles. The Hall–Kier alpha value is -0.880. The average molecular weight is 300 g/mol. The van der Waals surface area contributed by atoms with Gasteiger partial charge >= 0.3 is 0 Å². The van der Waals surface area contributed by atoms with E-state index in [4.69, 9.17) is 4.74 Å². The molecule has 92 valence electrons. The number of nitrogens with zero attached hydrogens (tertiary/aromatic N) is 1. The van der Waals surface area contributed by atoms with Crippen LogP contribution in [0, 0.1) is 5.92 Å². The van der Waals surface area contributed by atoms with E-state index >= 15 is 0 Å². The molecule has 2 atom stereocenters. The van der Waals surface area contributed by atoms with E-state index in [1.54, 1.807) is 0 Å². The third-order valence-corrected chi connectivity index (χ3v) is 4.08. The van der Waals surface area contributed by atoms with Crippen LogP contribution in [0.3, 0.4) is 0 Å². The van der Waals surface area contributed by atoms with Gasteiger partial charge in [0.25, 0.3) is 5.56 Å². The van der Waals surface area contributed by atoms with Gasteiger partial charge < -0.3 is 15.0 Å². The highest BCUT2D eigenvalue weighted by Gasteiger charge is 2.40. The van der Waals surface area contributed by atoms with Crippen LogP contribution in [0.4, 0.5) is 5.82 Å². The van der Waals surface area contributed by atoms with Crippen LogP contribution in [0.1, 0.15) is 19.3 Å². The Bertz CT molecular complexity index is 472. The first-order valence-corrected chi connectivity index (χ1v) is 6.66. The quantitative estimate of drug-likeness (QED) is 0.888. The standard InChI is InChI=1S/C11H14BrN3O2/c12-8-10(13-5-14-11(8)16)15-7-3-4-17-9(7)6-1-2-6/h5-7,9H,1-4H2,(H2,13,14,15,16). The lowest BCUT2D eigenvalue weighted by Gasteiger charge is -2.20. The van der Waals surface area contributed by atoms with Gasteiger partial charge in [-0.15, -0.1) is 0 Å². The number of halogens is 1. The largest absolute Gasteiger partial charge is 0.376 e. The number of hydrogen-bond acceptors (Lipinski definition) is 4. The van der Waals surface area contributed by atoms with E-state index < -0.39 is 0 Å². The molecule has 3 rings (SSSR count). The molecule has 6 heteroatoms. The smallest absolute Gasteiger partial charge is 0.267 e. The summed E-state index contributed by atoms with van der Waals surface area (Å²) in [5.41, 5.74) is -0.163. The van der Waals surface area contributed by atoms with Crippen LogP contribution < -0.4 is 10.9 Å². The zero-order valence-electron chi connectivity index (χ0n) is 9.28. The fourth-order valence-corrected chi connectivity index (χ4v) is 2.65. The molecule has 0 radical (unpaired) electrons. The Morgan fingerprint density at radius 1 is 1.47 bits per heavy atom. The second-order valence-electron chi connectivity index (χ2n) is 4.61. The first-order valence-electron chi connectivity index (χ1n) is 5.87. The predicted octanol–water partition coefficient (Wildman–Crippen LogP) is 1.51. The molecular formula is C11H14BrN3O2. The first kappa shape index (κ1) is 11.2. The van der Waals surface area contributed by atoms with Gasteiger partial charge in [-0.1, -0.05) is 0 Å². The van der Waals surface area contributed by atoms with Gasteiger partial charge in [-0.25, -0.2) is 4.98 Å². The van der Waals surface area contributed by atoms with E-state index in [0.29, 0.717) is 16.2 Å². The zero-order chi connectivity index (χ0) is 11.8. The topological polar surface area (TPSA) is 67.0 Å². The Balaban J connectivity index is 1.77. The number of nitrogens with one attached hydrogen (secondary N) is 2. The molecule has 2 unspecified atom stereocenters. The Morgan fingerprint density at radius 3 is 3.06 bits per heavy atom.